The fourth-order valence-corrected chi connectivity index (χ4v) is 2.47. The SMILES string of the molecule is CC(C)c1nc(-c2cccnc2)nc2c1CNCC2. The number of hydrogen-bond acceptors (Lipinski definition) is 4. The van der Waals surface area contributed by atoms with Gasteiger partial charge in [-0.2, -0.15) is 0 Å². The zero-order chi connectivity index (χ0) is 13.2. The summed E-state index contributed by atoms with van der Waals surface area (Å²) >= 11 is 0. The molecule has 0 spiro atoms. The molecule has 98 valence electrons. The first-order chi connectivity index (χ1) is 9.25. The molecule has 19 heavy (non-hydrogen) atoms. The molecule has 0 aliphatic carbocycles. The van der Waals surface area contributed by atoms with Crippen LogP contribution in [-0.4, -0.2) is 21.5 Å². The van der Waals surface area contributed by atoms with E-state index in [-0.39, 0.29) is 0 Å². The molecule has 1 aliphatic heterocycles. The molecule has 0 radical (unpaired) electrons. The van der Waals surface area contributed by atoms with Crippen molar-refractivity contribution in [1.29, 1.82) is 0 Å². The summed E-state index contributed by atoms with van der Waals surface area (Å²) in [5.41, 5.74) is 4.63. The molecule has 3 heterocycles. The van der Waals surface area contributed by atoms with Gasteiger partial charge >= 0.3 is 0 Å². The third-order valence-electron chi connectivity index (χ3n) is 3.43. The maximum atomic E-state index is 4.76. The Balaban J connectivity index is 2.14. The molecule has 0 fully saturated rings. The monoisotopic (exact) mass is 254 g/mol. The van der Waals surface area contributed by atoms with Gasteiger partial charge in [-0.25, -0.2) is 9.97 Å². The molecule has 2 aromatic heterocycles. The van der Waals surface area contributed by atoms with Crippen LogP contribution in [0.2, 0.25) is 0 Å². The zero-order valence-corrected chi connectivity index (χ0v) is 11.3. The van der Waals surface area contributed by atoms with Crippen molar-refractivity contribution in [2.24, 2.45) is 0 Å². The molecule has 1 N–H and O–H groups in total. The lowest BCUT2D eigenvalue weighted by Gasteiger charge is -2.21. The minimum absolute atomic E-state index is 0.409. The van der Waals surface area contributed by atoms with Crippen LogP contribution in [0.4, 0.5) is 0 Å². The summed E-state index contributed by atoms with van der Waals surface area (Å²) in [6, 6.07) is 3.94. The van der Waals surface area contributed by atoms with Crippen LogP contribution in [0.25, 0.3) is 11.4 Å². The van der Waals surface area contributed by atoms with Gasteiger partial charge in [-0.1, -0.05) is 13.8 Å². The van der Waals surface area contributed by atoms with E-state index in [0.717, 1.165) is 36.6 Å². The predicted molar refractivity (Wildman–Crippen MR) is 74.8 cm³/mol. The summed E-state index contributed by atoms with van der Waals surface area (Å²) in [7, 11) is 0. The maximum Gasteiger partial charge on any atom is 0.161 e. The van der Waals surface area contributed by atoms with Crippen molar-refractivity contribution < 1.29 is 0 Å². The van der Waals surface area contributed by atoms with Crippen LogP contribution in [0.15, 0.2) is 24.5 Å². The Morgan fingerprint density at radius 3 is 2.89 bits per heavy atom. The van der Waals surface area contributed by atoms with Crippen molar-refractivity contribution in [2.45, 2.75) is 32.7 Å². The largest absolute Gasteiger partial charge is 0.312 e. The van der Waals surface area contributed by atoms with E-state index in [1.165, 1.54) is 11.3 Å². The highest BCUT2D eigenvalue weighted by Crippen LogP contribution is 2.25. The van der Waals surface area contributed by atoms with Gasteiger partial charge in [0.15, 0.2) is 5.82 Å². The number of aromatic nitrogens is 3. The Morgan fingerprint density at radius 1 is 1.26 bits per heavy atom. The summed E-state index contributed by atoms with van der Waals surface area (Å²) in [6.07, 6.45) is 4.58. The van der Waals surface area contributed by atoms with Crippen LogP contribution in [0.3, 0.4) is 0 Å². The minimum Gasteiger partial charge on any atom is -0.312 e. The molecule has 0 bridgehead atoms. The minimum atomic E-state index is 0.409. The number of nitrogens with one attached hydrogen (secondary N) is 1. The molecule has 0 amide bonds. The smallest absolute Gasteiger partial charge is 0.161 e. The van der Waals surface area contributed by atoms with Crippen LogP contribution in [0, 0.1) is 0 Å². The summed E-state index contributed by atoms with van der Waals surface area (Å²) < 4.78 is 0. The van der Waals surface area contributed by atoms with Crippen molar-refractivity contribution in [3.8, 4) is 11.4 Å². The number of pyridine rings is 1. The first-order valence-corrected chi connectivity index (χ1v) is 6.76. The Hall–Kier alpha value is -1.81. The molecule has 0 saturated heterocycles. The number of nitrogens with zero attached hydrogens (tertiary/aromatic N) is 3. The molecule has 0 aromatic carbocycles. The van der Waals surface area contributed by atoms with Gasteiger partial charge in [-0.05, 0) is 18.1 Å². The first-order valence-electron chi connectivity index (χ1n) is 6.76. The van der Waals surface area contributed by atoms with E-state index in [4.69, 9.17) is 9.97 Å². The van der Waals surface area contributed by atoms with Gasteiger partial charge in [0.25, 0.3) is 0 Å². The van der Waals surface area contributed by atoms with Crippen molar-refractivity contribution >= 4 is 0 Å². The van der Waals surface area contributed by atoms with E-state index in [0.29, 0.717) is 5.92 Å². The van der Waals surface area contributed by atoms with Gasteiger partial charge in [0.1, 0.15) is 0 Å². The second kappa shape index (κ2) is 5.05. The molecular formula is C15H18N4. The molecule has 3 rings (SSSR count). The molecule has 0 atom stereocenters. The quantitative estimate of drug-likeness (QED) is 0.893. The average molecular weight is 254 g/mol. The van der Waals surface area contributed by atoms with E-state index in [1.54, 1.807) is 6.20 Å². The molecule has 0 saturated carbocycles. The van der Waals surface area contributed by atoms with E-state index < -0.39 is 0 Å². The lowest BCUT2D eigenvalue weighted by molar-refractivity contribution is 0.609. The standard InChI is InChI=1S/C15H18N4/c1-10(2)14-12-9-17-7-5-13(12)18-15(19-14)11-4-3-6-16-8-11/h3-4,6,8,10,17H,5,7,9H2,1-2H3. The van der Waals surface area contributed by atoms with Crippen LogP contribution < -0.4 is 5.32 Å². The third-order valence-corrected chi connectivity index (χ3v) is 3.43. The van der Waals surface area contributed by atoms with Gasteiger partial charge in [0.05, 0.1) is 11.4 Å². The molecule has 4 nitrogen and oxygen atoms in total. The molecular weight excluding hydrogens is 236 g/mol. The third kappa shape index (κ3) is 2.36. The summed E-state index contributed by atoms with van der Waals surface area (Å²) in [4.78, 5) is 13.7. The molecule has 4 heteroatoms. The second-order valence-electron chi connectivity index (χ2n) is 5.18. The number of rotatable bonds is 2. The van der Waals surface area contributed by atoms with Gasteiger partial charge in [0, 0.05) is 43.0 Å². The Morgan fingerprint density at radius 2 is 2.16 bits per heavy atom. The lowest BCUT2D eigenvalue weighted by atomic mass is 9.98. The highest BCUT2D eigenvalue weighted by Gasteiger charge is 2.19. The van der Waals surface area contributed by atoms with Gasteiger partial charge in [-0.3, -0.25) is 4.98 Å². The van der Waals surface area contributed by atoms with Crippen molar-refractivity contribution in [3.05, 3.63) is 41.5 Å². The highest BCUT2D eigenvalue weighted by molar-refractivity contribution is 5.54. The topological polar surface area (TPSA) is 50.7 Å². The Kier molecular flexibility index (Phi) is 3.25. The number of hydrogen-bond donors (Lipinski definition) is 1. The Labute approximate surface area is 113 Å². The summed E-state index contributed by atoms with van der Waals surface area (Å²) in [5.74, 6) is 1.21. The molecule has 1 aliphatic rings. The fraction of sp³-hybridized carbons (Fsp3) is 0.400. The maximum absolute atomic E-state index is 4.76. The lowest BCUT2D eigenvalue weighted by Crippen LogP contribution is -2.27. The second-order valence-corrected chi connectivity index (χ2v) is 5.18. The zero-order valence-electron chi connectivity index (χ0n) is 11.3. The van der Waals surface area contributed by atoms with E-state index in [9.17, 15) is 0 Å². The first kappa shape index (κ1) is 12.2. The fourth-order valence-electron chi connectivity index (χ4n) is 2.47. The predicted octanol–water partition coefficient (Wildman–Crippen LogP) is 2.31. The molecule has 2 aromatic rings. The van der Waals surface area contributed by atoms with Crippen LogP contribution in [0.5, 0.6) is 0 Å². The van der Waals surface area contributed by atoms with E-state index in [1.807, 2.05) is 18.3 Å². The van der Waals surface area contributed by atoms with Crippen LogP contribution in [0.1, 0.15) is 36.7 Å². The Bertz CT molecular complexity index is 578. The van der Waals surface area contributed by atoms with E-state index >= 15 is 0 Å². The summed E-state index contributed by atoms with van der Waals surface area (Å²) in [5, 5.41) is 3.40. The van der Waals surface area contributed by atoms with Gasteiger partial charge in [-0.15, -0.1) is 0 Å². The highest BCUT2D eigenvalue weighted by atomic mass is 15.0. The number of fused-ring (bicyclic) bond motifs is 1. The van der Waals surface area contributed by atoms with E-state index in [2.05, 4.69) is 24.1 Å². The average Bonchev–Trinajstić information content (AvgIpc) is 2.47. The van der Waals surface area contributed by atoms with Crippen LogP contribution >= 0.6 is 0 Å². The van der Waals surface area contributed by atoms with Gasteiger partial charge in [0.2, 0.25) is 0 Å². The van der Waals surface area contributed by atoms with Crippen LogP contribution in [-0.2, 0) is 13.0 Å². The van der Waals surface area contributed by atoms with Crippen molar-refractivity contribution in [3.63, 3.8) is 0 Å². The van der Waals surface area contributed by atoms with Gasteiger partial charge < -0.3 is 5.32 Å². The summed E-state index contributed by atoms with van der Waals surface area (Å²) in [6.45, 7) is 6.25. The molecule has 0 unspecified atom stereocenters. The van der Waals surface area contributed by atoms with Crippen molar-refractivity contribution in [2.75, 3.05) is 6.54 Å². The van der Waals surface area contributed by atoms with Crippen molar-refractivity contribution in [1.82, 2.24) is 20.3 Å². The normalized spacial score (nSPS) is 14.5.